The number of carbonyl (C=O) groups is 1. The summed E-state index contributed by atoms with van der Waals surface area (Å²) in [6.45, 7) is 4.36. The maximum absolute atomic E-state index is 13.9. The van der Waals surface area contributed by atoms with Crippen LogP contribution in [0, 0.1) is 19.7 Å². The van der Waals surface area contributed by atoms with E-state index in [0.29, 0.717) is 11.7 Å². The Morgan fingerprint density at radius 3 is 2.74 bits per heavy atom. The predicted octanol–water partition coefficient (Wildman–Crippen LogP) is 6.28. The minimum Gasteiger partial charge on any atom is -0.352 e. The second-order valence-corrected chi connectivity index (χ2v) is 10.1. The largest absolute Gasteiger partial charge is 0.352 e. The third-order valence-electron chi connectivity index (χ3n) is 6.71. The maximum Gasteiger partial charge on any atom is 0.226 e. The molecule has 9 heteroatoms. The summed E-state index contributed by atoms with van der Waals surface area (Å²) in [6, 6.07) is 19.8. The van der Waals surface area contributed by atoms with E-state index >= 15 is 0 Å². The number of amides is 1. The molecule has 6 nitrogen and oxygen atoms in total. The number of thiocarbonyl (C=S) groups is 1. The highest BCUT2D eigenvalue weighted by Crippen LogP contribution is 2.40. The topological polar surface area (TPSA) is 62.2 Å². The molecule has 38 heavy (non-hydrogen) atoms. The van der Waals surface area contributed by atoms with E-state index < -0.39 is 5.82 Å². The van der Waals surface area contributed by atoms with Crippen LogP contribution in [-0.4, -0.2) is 32.0 Å². The van der Waals surface area contributed by atoms with Gasteiger partial charge in [0.1, 0.15) is 5.82 Å². The van der Waals surface area contributed by atoms with E-state index in [1.165, 1.54) is 6.07 Å². The summed E-state index contributed by atoms with van der Waals surface area (Å²) in [6.07, 6.45) is 3.89. The molecular weight excluding hydrogens is 521 g/mol. The van der Waals surface area contributed by atoms with Crippen LogP contribution in [0.1, 0.15) is 41.0 Å². The van der Waals surface area contributed by atoms with Gasteiger partial charge in [0, 0.05) is 42.4 Å². The van der Waals surface area contributed by atoms with Gasteiger partial charge in [0.2, 0.25) is 5.91 Å². The Morgan fingerprint density at radius 1 is 1.13 bits per heavy atom. The molecule has 5 rings (SSSR count). The molecule has 2 aromatic carbocycles. The Kier molecular flexibility index (Phi) is 7.44. The molecule has 3 heterocycles. The molecule has 0 aliphatic carbocycles. The number of rotatable bonds is 7. The minimum absolute atomic E-state index is 0.0449. The van der Waals surface area contributed by atoms with Gasteiger partial charge in [-0.25, -0.2) is 4.39 Å². The molecule has 1 aliphatic rings. The summed E-state index contributed by atoms with van der Waals surface area (Å²) in [7, 11) is 0. The zero-order valence-electron chi connectivity index (χ0n) is 21.0. The van der Waals surface area contributed by atoms with Crippen molar-refractivity contribution in [1.82, 2.24) is 19.8 Å². The number of hydrogen-bond acceptors (Lipinski definition) is 3. The first-order valence-corrected chi connectivity index (χ1v) is 13.1. The standard InChI is InChI=1S/C29H27ClFN5OS/c1-18-8-9-19(2)24(16-18)33-26(37)12-15-36-28(27(34-29(36)38)23-6-3-4-13-32-23)25-7-5-14-35(25)20-10-11-22(31)21(30)17-20/h3-11,13-14,16-17,27-28H,12,15H2,1-2H3,(H,33,37)(H,34,38)/t27-,28+/m1/s1. The van der Waals surface area contributed by atoms with Crippen LogP contribution in [0.15, 0.2) is 79.1 Å². The van der Waals surface area contributed by atoms with Crippen molar-refractivity contribution in [2.75, 3.05) is 11.9 Å². The van der Waals surface area contributed by atoms with Crippen molar-refractivity contribution in [1.29, 1.82) is 0 Å². The van der Waals surface area contributed by atoms with Crippen molar-refractivity contribution in [3.63, 3.8) is 0 Å². The molecular formula is C29H27ClFN5OS. The molecule has 2 aromatic heterocycles. The minimum atomic E-state index is -0.476. The van der Waals surface area contributed by atoms with E-state index in [0.717, 1.165) is 33.9 Å². The van der Waals surface area contributed by atoms with Gasteiger partial charge in [-0.05, 0) is 85.7 Å². The average Bonchev–Trinajstić information content (AvgIpc) is 3.51. The van der Waals surface area contributed by atoms with Crippen LogP contribution in [0.4, 0.5) is 10.1 Å². The molecule has 0 bridgehead atoms. The maximum atomic E-state index is 13.9. The first kappa shape index (κ1) is 25.9. The molecule has 0 unspecified atom stereocenters. The summed E-state index contributed by atoms with van der Waals surface area (Å²) in [5, 5.41) is 7.03. The summed E-state index contributed by atoms with van der Waals surface area (Å²) in [5.41, 5.74) is 5.35. The van der Waals surface area contributed by atoms with Crippen molar-refractivity contribution in [2.45, 2.75) is 32.4 Å². The van der Waals surface area contributed by atoms with E-state index in [4.69, 9.17) is 23.8 Å². The van der Waals surface area contributed by atoms with Crippen molar-refractivity contribution in [3.8, 4) is 5.69 Å². The van der Waals surface area contributed by atoms with Gasteiger partial charge in [-0.1, -0.05) is 29.8 Å². The fraction of sp³-hybridized carbons (Fsp3) is 0.207. The fourth-order valence-electron chi connectivity index (χ4n) is 4.78. The molecule has 194 valence electrons. The van der Waals surface area contributed by atoms with Crippen LogP contribution in [0.5, 0.6) is 0 Å². The number of anilines is 1. The third-order valence-corrected chi connectivity index (χ3v) is 7.35. The van der Waals surface area contributed by atoms with Crippen LogP contribution in [0.25, 0.3) is 5.69 Å². The van der Waals surface area contributed by atoms with Gasteiger partial charge in [-0.3, -0.25) is 9.78 Å². The number of pyridine rings is 1. The third kappa shape index (κ3) is 5.28. The highest BCUT2D eigenvalue weighted by Gasteiger charge is 2.41. The molecule has 1 fully saturated rings. The van der Waals surface area contributed by atoms with Crippen LogP contribution in [0.2, 0.25) is 5.02 Å². The SMILES string of the molecule is Cc1ccc(C)c(NC(=O)CCN2C(=S)N[C@H](c3ccccn3)[C@@H]2c2cccn2-c2ccc(F)c(Cl)c2)c1. The first-order chi connectivity index (χ1) is 18.3. The normalized spacial score (nSPS) is 16.9. The van der Waals surface area contributed by atoms with E-state index in [1.807, 2.05) is 78.0 Å². The number of aromatic nitrogens is 2. The van der Waals surface area contributed by atoms with Gasteiger partial charge < -0.3 is 20.1 Å². The van der Waals surface area contributed by atoms with Crippen LogP contribution in [0.3, 0.4) is 0 Å². The Morgan fingerprint density at radius 2 is 1.97 bits per heavy atom. The fourth-order valence-corrected chi connectivity index (χ4v) is 5.28. The molecule has 0 spiro atoms. The summed E-state index contributed by atoms with van der Waals surface area (Å²) >= 11 is 11.9. The summed E-state index contributed by atoms with van der Waals surface area (Å²) in [4.78, 5) is 19.6. The first-order valence-electron chi connectivity index (χ1n) is 12.3. The Hall–Kier alpha value is -3.75. The van der Waals surface area contributed by atoms with Crippen molar-refractivity contribution < 1.29 is 9.18 Å². The van der Waals surface area contributed by atoms with Gasteiger partial charge in [0.05, 0.1) is 22.8 Å². The Balaban J connectivity index is 1.45. The van der Waals surface area contributed by atoms with Crippen LogP contribution in [-0.2, 0) is 4.79 Å². The van der Waals surface area contributed by atoms with Gasteiger partial charge in [0.25, 0.3) is 0 Å². The van der Waals surface area contributed by atoms with Gasteiger partial charge in [0.15, 0.2) is 5.11 Å². The lowest BCUT2D eigenvalue weighted by Gasteiger charge is -2.29. The molecule has 4 aromatic rings. The van der Waals surface area contributed by atoms with E-state index in [2.05, 4.69) is 15.6 Å². The predicted molar refractivity (Wildman–Crippen MR) is 152 cm³/mol. The van der Waals surface area contributed by atoms with Crippen LogP contribution < -0.4 is 10.6 Å². The molecule has 2 atom stereocenters. The van der Waals surface area contributed by atoms with Gasteiger partial charge >= 0.3 is 0 Å². The lowest BCUT2D eigenvalue weighted by Crippen LogP contribution is -2.33. The highest BCUT2D eigenvalue weighted by atomic mass is 35.5. The lowest BCUT2D eigenvalue weighted by molar-refractivity contribution is -0.116. The zero-order chi connectivity index (χ0) is 26.8. The second kappa shape index (κ2) is 10.9. The Labute approximate surface area is 231 Å². The second-order valence-electron chi connectivity index (χ2n) is 9.34. The van der Waals surface area contributed by atoms with Crippen molar-refractivity contribution in [2.24, 2.45) is 0 Å². The summed E-state index contributed by atoms with van der Waals surface area (Å²) < 4.78 is 15.9. The zero-order valence-corrected chi connectivity index (χ0v) is 22.6. The number of halogens is 2. The van der Waals surface area contributed by atoms with Crippen molar-refractivity contribution >= 4 is 40.5 Å². The molecule has 1 saturated heterocycles. The van der Waals surface area contributed by atoms with E-state index in [-0.39, 0.29) is 29.4 Å². The smallest absolute Gasteiger partial charge is 0.226 e. The monoisotopic (exact) mass is 547 g/mol. The average molecular weight is 548 g/mol. The highest BCUT2D eigenvalue weighted by molar-refractivity contribution is 7.80. The lowest BCUT2D eigenvalue weighted by atomic mass is 10.0. The van der Waals surface area contributed by atoms with E-state index in [1.54, 1.807) is 18.3 Å². The Bertz CT molecular complexity index is 1490. The molecule has 1 amide bonds. The number of benzene rings is 2. The number of carbonyl (C=O) groups excluding carboxylic acids is 1. The van der Waals surface area contributed by atoms with Gasteiger partial charge in [-0.15, -0.1) is 0 Å². The number of hydrogen-bond donors (Lipinski definition) is 2. The molecule has 0 saturated carbocycles. The quantitative estimate of drug-likeness (QED) is 0.267. The molecule has 0 radical (unpaired) electrons. The molecule has 2 N–H and O–H groups in total. The number of aryl methyl sites for hydroxylation is 2. The molecule has 1 aliphatic heterocycles. The summed E-state index contributed by atoms with van der Waals surface area (Å²) in [5.74, 6) is -0.571. The number of nitrogens with one attached hydrogen (secondary N) is 2. The number of nitrogens with zero attached hydrogens (tertiary/aromatic N) is 3. The van der Waals surface area contributed by atoms with E-state index in [9.17, 15) is 9.18 Å². The van der Waals surface area contributed by atoms with Gasteiger partial charge in [-0.2, -0.15) is 0 Å². The van der Waals surface area contributed by atoms with Crippen LogP contribution >= 0.6 is 23.8 Å². The van der Waals surface area contributed by atoms with Crippen molar-refractivity contribution in [3.05, 3.63) is 112 Å².